The van der Waals surface area contributed by atoms with Gasteiger partial charge in [-0.05, 0) is 48.0 Å². The number of aromatic nitrogens is 2. The summed E-state index contributed by atoms with van der Waals surface area (Å²) in [6, 6.07) is 12.1. The van der Waals surface area contributed by atoms with E-state index in [2.05, 4.69) is 10.4 Å². The Morgan fingerprint density at radius 2 is 1.81 bits per heavy atom. The summed E-state index contributed by atoms with van der Waals surface area (Å²) in [6.45, 7) is 0. The molecule has 3 aromatic rings. The van der Waals surface area contributed by atoms with Crippen LogP contribution in [0.3, 0.4) is 0 Å². The second-order valence-corrected chi connectivity index (χ2v) is 9.63. The van der Waals surface area contributed by atoms with Crippen molar-refractivity contribution in [1.29, 1.82) is 0 Å². The van der Waals surface area contributed by atoms with Gasteiger partial charge in [0.15, 0.2) is 21.3 Å². The number of nitrogens with one attached hydrogen (secondary N) is 1. The third-order valence-corrected chi connectivity index (χ3v) is 6.63. The molecule has 1 aliphatic rings. The molecule has 32 heavy (non-hydrogen) atoms. The fourth-order valence-electron chi connectivity index (χ4n) is 3.43. The molecule has 0 bridgehead atoms. The molecule has 0 saturated heterocycles. The molecule has 1 aliphatic heterocycles. The van der Waals surface area contributed by atoms with Gasteiger partial charge in [-0.3, -0.25) is 4.79 Å². The third-order valence-electron chi connectivity index (χ3n) is 4.94. The predicted octanol–water partition coefficient (Wildman–Crippen LogP) is 3.62. The molecule has 1 N–H and O–H groups in total. The average molecular weight is 474 g/mol. The zero-order valence-corrected chi connectivity index (χ0v) is 18.9. The van der Waals surface area contributed by atoms with Crippen LogP contribution in [0.5, 0.6) is 11.5 Å². The Bertz CT molecular complexity index is 1310. The first-order valence-corrected chi connectivity index (χ1v) is 11.8. The van der Waals surface area contributed by atoms with Gasteiger partial charge in [-0.2, -0.15) is 5.10 Å². The molecule has 0 fully saturated rings. The summed E-state index contributed by atoms with van der Waals surface area (Å²) in [7, 11) is -0.210. The Kier molecular flexibility index (Phi) is 5.94. The summed E-state index contributed by atoms with van der Waals surface area (Å²) in [5, 5.41) is 7.76. The van der Waals surface area contributed by atoms with Crippen molar-refractivity contribution >= 4 is 39.2 Å². The molecule has 2 heterocycles. The zero-order valence-electron chi connectivity index (χ0n) is 17.3. The van der Waals surface area contributed by atoms with Crippen LogP contribution in [0.2, 0.25) is 5.02 Å². The van der Waals surface area contributed by atoms with E-state index in [-0.39, 0.29) is 11.5 Å². The molecule has 2 aromatic carbocycles. The quantitative estimate of drug-likeness (QED) is 0.549. The number of anilines is 1. The van der Waals surface area contributed by atoms with Crippen LogP contribution < -0.4 is 14.8 Å². The van der Waals surface area contributed by atoms with Gasteiger partial charge in [-0.1, -0.05) is 17.7 Å². The predicted molar refractivity (Wildman–Crippen MR) is 122 cm³/mol. The van der Waals surface area contributed by atoms with Crippen LogP contribution in [0.15, 0.2) is 48.5 Å². The summed E-state index contributed by atoms with van der Waals surface area (Å²) in [4.78, 5) is 12.7. The largest absolute Gasteiger partial charge is 0.493 e. The minimum Gasteiger partial charge on any atom is -0.493 e. The van der Waals surface area contributed by atoms with Crippen molar-refractivity contribution in [2.24, 2.45) is 0 Å². The van der Waals surface area contributed by atoms with Crippen LogP contribution in [0.4, 0.5) is 5.82 Å². The molecule has 166 valence electrons. The van der Waals surface area contributed by atoms with Crippen molar-refractivity contribution in [3.63, 3.8) is 0 Å². The topological polar surface area (TPSA) is 99.5 Å². The Morgan fingerprint density at radius 3 is 2.50 bits per heavy atom. The number of hydrogen-bond donors (Lipinski definition) is 1. The minimum atomic E-state index is -3.29. The van der Waals surface area contributed by atoms with Gasteiger partial charge in [-0.25, -0.2) is 13.1 Å². The maximum atomic E-state index is 12.7. The number of nitrogens with zero attached hydrogens (tertiary/aromatic N) is 2. The van der Waals surface area contributed by atoms with Gasteiger partial charge < -0.3 is 14.8 Å². The van der Waals surface area contributed by atoms with E-state index >= 15 is 0 Å². The lowest BCUT2D eigenvalue weighted by Gasteiger charge is -2.10. The Labute approximate surface area is 190 Å². The summed E-state index contributed by atoms with van der Waals surface area (Å²) in [6.07, 6.45) is 2.98. The van der Waals surface area contributed by atoms with E-state index in [9.17, 15) is 13.2 Å². The van der Waals surface area contributed by atoms with E-state index in [4.69, 9.17) is 21.1 Å². The van der Waals surface area contributed by atoms with E-state index < -0.39 is 15.7 Å². The lowest BCUT2D eigenvalue weighted by Crippen LogP contribution is -2.14. The van der Waals surface area contributed by atoms with Crippen molar-refractivity contribution in [3.05, 3.63) is 70.4 Å². The second-order valence-electron chi connectivity index (χ2n) is 7.13. The molecule has 1 amide bonds. The van der Waals surface area contributed by atoms with Crippen LogP contribution in [-0.2, 0) is 26.1 Å². The molecule has 0 spiro atoms. The van der Waals surface area contributed by atoms with E-state index in [1.807, 2.05) is 0 Å². The van der Waals surface area contributed by atoms with Crippen LogP contribution in [0, 0.1) is 0 Å². The summed E-state index contributed by atoms with van der Waals surface area (Å²) < 4.78 is 36.2. The van der Waals surface area contributed by atoms with E-state index in [1.54, 1.807) is 55.7 Å². The second kappa shape index (κ2) is 8.68. The van der Waals surface area contributed by atoms with E-state index in [1.165, 1.54) is 17.9 Å². The number of sulfone groups is 1. The first kappa shape index (κ1) is 21.9. The molecule has 1 aromatic heterocycles. The summed E-state index contributed by atoms with van der Waals surface area (Å²) in [5.41, 5.74) is 2.31. The van der Waals surface area contributed by atoms with Crippen molar-refractivity contribution in [1.82, 2.24) is 9.78 Å². The lowest BCUT2D eigenvalue weighted by molar-refractivity contribution is -0.111. The number of ether oxygens (including phenoxy) is 2. The van der Waals surface area contributed by atoms with Crippen LogP contribution in [0.1, 0.15) is 16.8 Å². The number of rotatable bonds is 6. The summed E-state index contributed by atoms with van der Waals surface area (Å²) in [5.74, 6) is 0.682. The van der Waals surface area contributed by atoms with E-state index in [0.29, 0.717) is 39.3 Å². The molecule has 4 rings (SSSR count). The normalized spacial score (nSPS) is 14.3. The number of amides is 1. The number of hydrogen-bond acceptors (Lipinski definition) is 6. The molecule has 0 unspecified atom stereocenters. The van der Waals surface area contributed by atoms with Gasteiger partial charge in [0.1, 0.15) is 5.82 Å². The molecular formula is C22H20ClN3O5S. The Morgan fingerprint density at radius 1 is 1.09 bits per heavy atom. The average Bonchev–Trinajstić information content (AvgIpc) is 3.24. The SMILES string of the molecule is COc1ccc(/C=C\C(=O)Nc2c3c(nn2-c2ccc(Cl)cc2)CS(=O)(=O)C3)cc1OC. The zero-order chi connectivity index (χ0) is 22.9. The molecule has 8 nitrogen and oxygen atoms in total. The number of benzene rings is 2. The fourth-order valence-corrected chi connectivity index (χ4v) is 5.05. The lowest BCUT2D eigenvalue weighted by atomic mass is 10.2. The van der Waals surface area contributed by atoms with Crippen LogP contribution in [-0.4, -0.2) is 38.3 Å². The van der Waals surface area contributed by atoms with Crippen molar-refractivity contribution < 1.29 is 22.7 Å². The van der Waals surface area contributed by atoms with Gasteiger partial charge in [-0.15, -0.1) is 0 Å². The van der Waals surface area contributed by atoms with E-state index in [0.717, 1.165) is 5.56 Å². The van der Waals surface area contributed by atoms with Crippen molar-refractivity contribution in [2.45, 2.75) is 11.5 Å². The molecule has 0 aliphatic carbocycles. The van der Waals surface area contributed by atoms with Gasteiger partial charge in [0.05, 0.1) is 37.1 Å². The van der Waals surface area contributed by atoms with Gasteiger partial charge in [0.25, 0.3) is 0 Å². The van der Waals surface area contributed by atoms with Crippen molar-refractivity contribution in [2.75, 3.05) is 19.5 Å². The highest BCUT2D eigenvalue weighted by molar-refractivity contribution is 7.90. The number of halogens is 1. The van der Waals surface area contributed by atoms with Gasteiger partial charge in [0.2, 0.25) is 5.91 Å². The molecule has 10 heteroatoms. The monoisotopic (exact) mass is 473 g/mol. The molecular weight excluding hydrogens is 454 g/mol. The third kappa shape index (κ3) is 4.49. The Balaban J connectivity index is 1.63. The highest BCUT2D eigenvalue weighted by atomic mass is 35.5. The number of carbonyl (C=O) groups excluding carboxylic acids is 1. The highest BCUT2D eigenvalue weighted by Crippen LogP contribution is 2.33. The van der Waals surface area contributed by atoms with Crippen LogP contribution >= 0.6 is 11.6 Å². The summed E-state index contributed by atoms with van der Waals surface area (Å²) >= 11 is 5.97. The smallest absolute Gasteiger partial charge is 0.249 e. The van der Waals surface area contributed by atoms with Crippen molar-refractivity contribution in [3.8, 4) is 17.2 Å². The van der Waals surface area contributed by atoms with Crippen LogP contribution in [0.25, 0.3) is 11.8 Å². The fraction of sp³-hybridized carbons (Fsp3) is 0.182. The molecule has 0 saturated carbocycles. The first-order chi connectivity index (χ1) is 15.3. The standard InChI is InChI=1S/C22H20ClN3O5S/c1-30-19-9-3-14(11-20(19)31-2)4-10-21(27)24-22-17-12-32(28,29)13-18(17)25-26(22)16-7-5-15(23)6-8-16/h3-11H,12-13H2,1-2H3,(H,24,27)/b10-4-. The molecule has 0 radical (unpaired) electrons. The maximum absolute atomic E-state index is 12.7. The number of methoxy groups -OCH3 is 2. The Hall–Kier alpha value is -3.30. The number of fused-ring (bicyclic) bond motifs is 1. The van der Waals surface area contributed by atoms with Gasteiger partial charge in [0, 0.05) is 16.7 Å². The van der Waals surface area contributed by atoms with Gasteiger partial charge >= 0.3 is 0 Å². The highest BCUT2D eigenvalue weighted by Gasteiger charge is 2.33. The first-order valence-electron chi connectivity index (χ1n) is 9.58. The number of carbonyl (C=O) groups is 1. The molecule has 0 atom stereocenters. The minimum absolute atomic E-state index is 0.159. The maximum Gasteiger partial charge on any atom is 0.249 e.